The van der Waals surface area contributed by atoms with Crippen molar-refractivity contribution in [2.24, 2.45) is 0 Å². The Labute approximate surface area is 159 Å². The van der Waals surface area contributed by atoms with Gasteiger partial charge in [0.1, 0.15) is 5.75 Å². The van der Waals surface area contributed by atoms with E-state index >= 15 is 0 Å². The number of ether oxygens (including phenoxy) is 2. The van der Waals surface area contributed by atoms with Crippen molar-refractivity contribution in [2.75, 3.05) is 19.5 Å². The van der Waals surface area contributed by atoms with Crippen LogP contribution in [-0.2, 0) is 24.8 Å². The van der Waals surface area contributed by atoms with E-state index in [0.717, 1.165) is 0 Å². The molecular formula is C20H21NO5S. The molecule has 0 spiro atoms. The van der Waals surface area contributed by atoms with Crippen LogP contribution >= 0.6 is 0 Å². The second kappa shape index (κ2) is 8.69. The second-order valence-corrected chi connectivity index (χ2v) is 7.96. The Morgan fingerprint density at radius 3 is 2.26 bits per heavy atom. The van der Waals surface area contributed by atoms with Gasteiger partial charge in [0.15, 0.2) is 15.3 Å². The minimum absolute atomic E-state index is 0.0872. The zero-order valence-corrected chi connectivity index (χ0v) is 16.0. The van der Waals surface area contributed by atoms with Crippen molar-refractivity contribution in [3.63, 3.8) is 0 Å². The lowest BCUT2D eigenvalue weighted by Crippen LogP contribution is -2.38. The second-order valence-electron chi connectivity index (χ2n) is 5.85. The monoisotopic (exact) mass is 387 g/mol. The summed E-state index contributed by atoms with van der Waals surface area (Å²) in [5.74, 6) is -0.567. The maximum Gasteiger partial charge on any atom is 0.331 e. The van der Waals surface area contributed by atoms with Crippen molar-refractivity contribution in [2.45, 2.75) is 23.7 Å². The fourth-order valence-electron chi connectivity index (χ4n) is 2.69. The largest absolute Gasteiger partial charge is 0.497 e. The van der Waals surface area contributed by atoms with Gasteiger partial charge < -0.3 is 9.47 Å². The minimum atomic E-state index is -3.66. The van der Waals surface area contributed by atoms with E-state index in [0.29, 0.717) is 11.3 Å². The molecule has 0 heterocycles. The number of sulfone groups is 1. The van der Waals surface area contributed by atoms with Gasteiger partial charge in [0.05, 0.1) is 30.4 Å². The molecule has 0 aliphatic rings. The third kappa shape index (κ3) is 4.47. The maximum atomic E-state index is 12.6. The first kappa shape index (κ1) is 20.5. The molecule has 2 rings (SSSR count). The Hall–Kier alpha value is -2.85. The third-order valence-electron chi connectivity index (χ3n) is 4.25. The fourth-order valence-corrected chi connectivity index (χ4v) is 4.08. The van der Waals surface area contributed by atoms with Gasteiger partial charge in [-0.1, -0.05) is 30.3 Å². The highest BCUT2D eigenvalue weighted by Gasteiger charge is 2.43. The molecule has 0 aromatic heterocycles. The number of nitrogens with zero attached hydrogens (tertiary/aromatic N) is 1. The average Bonchev–Trinajstić information content (AvgIpc) is 2.70. The summed E-state index contributed by atoms with van der Waals surface area (Å²) in [6, 6.07) is 16.3. The zero-order chi connectivity index (χ0) is 19.9. The summed E-state index contributed by atoms with van der Waals surface area (Å²) in [7, 11) is -2.15. The molecular weight excluding hydrogens is 366 g/mol. The van der Waals surface area contributed by atoms with Gasteiger partial charge in [0.25, 0.3) is 0 Å². The van der Waals surface area contributed by atoms with Crippen molar-refractivity contribution in [1.82, 2.24) is 0 Å². The summed E-state index contributed by atoms with van der Waals surface area (Å²) in [5, 5.41) is 9.84. The number of hydrogen-bond donors (Lipinski definition) is 0. The summed E-state index contributed by atoms with van der Waals surface area (Å²) >= 11 is 0. The number of nitriles is 1. The number of carbonyl (C=O) groups is 1. The molecule has 1 atom stereocenters. The van der Waals surface area contributed by atoms with Crippen LogP contribution < -0.4 is 4.74 Å². The predicted octanol–water partition coefficient (Wildman–Crippen LogP) is 2.88. The number of hydrogen-bond acceptors (Lipinski definition) is 6. The molecule has 7 heteroatoms. The van der Waals surface area contributed by atoms with Crippen molar-refractivity contribution in [3.05, 3.63) is 60.2 Å². The first-order valence-corrected chi connectivity index (χ1v) is 10.1. The molecule has 0 aliphatic carbocycles. The van der Waals surface area contributed by atoms with Gasteiger partial charge in [-0.05, 0) is 43.2 Å². The molecule has 0 bridgehead atoms. The highest BCUT2D eigenvalue weighted by molar-refractivity contribution is 7.91. The molecule has 0 amide bonds. The third-order valence-corrected chi connectivity index (χ3v) is 5.98. The number of rotatable bonds is 8. The van der Waals surface area contributed by atoms with Crippen LogP contribution in [0.5, 0.6) is 5.75 Å². The lowest BCUT2D eigenvalue weighted by molar-refractivity contribution is -0.148. The van der Waals surface area contributed by atoms with Crippen molar-refractivity contribution >= 4 is 15.8 Å². The van der Waals surface area contributed by atoms with Crippen LogP contribution in [0.2, 0.25) is 0 Å². The Balaban J connectivity index is 2.40. The smallest absolute Gasteiger partial charge is 0.331 e. The highest BCUT2D eigenvalue weighted by Crippen LogP contribution is 2.32. The molecule has 0 N–H and O–H groups in total. The molecule has 2 aromatic rings. The van der Waals surface area contributed by atoms with Gasteiger partial charge in [-0.2, -0.15) is 5.26 Å². The van der Waals surface area contributed by atoms with Crippen molar-refractivity contribution in [3.8, 4) is 11.8 Å². The molecule has 0 fully saturated rings. The van der Waals surface area contributed by atoms with Gasteiger partial charge in [-0.15, -0.1) is 0 Å². The SMILES string of the molecule is CCOC(=O)C(C#N)(CCS(=O)(=O)c1ccccc1)c1ccc(OC)cc1. The standard InChI is InChI=1S/C20H21NO5S/c1-3-26-19(22)20(15-21,16-9-11-17(25-2)12-10-16)13-14-27(23,24)18-7-5-4-6-8-18/h4-12H,3,13-14H2,1-2H3. The van der Waals surface area contributed by atoms with E-state index in [2.05, 4.69) is 0 Å². The molecule has 27 heavy (non-hydrogen) atoms. The van der Waals surface area contributed by atoms with Crippen LogP contribution in [-0.4, -0.2) is 33.9 Å². The number of methoxy groups -OCH3 is 1. The van der Waals surface area contributed by atoms with E-state index < -0.39 is 21.2 Å². The average molecular weight is 387 g/mol. The molecule has 142 valence electrons. The lowest BCUT2D eigenvalue weighted by atomic mass is 9.79. The molecule has 0 saturated heterocycles. The Bertz CT molecular complexity index is 917. The summed E-state index contributed by atoms with van der Waals surface area (Å²) in [6.45, 7) is 1.72. The minimum Gasteiger partial charge on any atom is -0.497 e. The summed E-state index contributed by atoms with van der Waals surface area (Å²) in [6.07, 6.45) is -0.216. The topological polar surface area (TPSA) is 93.5 Å². The molecule has 2 aromatic carbocycles. The number of esters is 1. The van der Waals surface area contributed by atoms with E-state index in [9.17, 15) is 18.5 Å². The fraction of sp³-hybridized carbons (Fsp3) is 0.300. The highest BCUT2D eigenvalue weighted by atomic mass is 32.2. The van der Waals surface area contributed by atoms with Crippen LogP contribution in [0, 0.1) is 11.3 Å². The molecule has 0 saturated carbocycles. The van der Waals surface area contributed by atoms with E-state index in [1.54, 1.807) is 49.4 Å². The van der Waals surface area contributed by atoms with Gasteiger partial charge in [0.2, 0.25) is 0 Å². The lowest BCUT2D eigenvalue weighted by Gasteiger charge is -2.25. The number of carbonyl (C=O) groups excluding carboxylic acids is 1. The van der Waals surface area contributed by atoms with Gasteiger partial charge >= 0.3 is 5.97 Å². The van der Waals surface area contributed by atoms with Crippen LogP contribution in [0.1, 0.15) is 18.9 Å². The van der Waals surface area contributed by atoms with E-state index in [4.69, 9.17) is 9.47 Å². The van der Waals surface area contributed by atoms with E-state index in [1.807, 2.05) is 6.07 Å². The quantitative estimate of drug-likeness (QED) is 0.647. The molecule has 6 nitrogen and oxygen atoms in total. The summed E-state index contributed by atoms with van der Waals surface area (Å²) < 4.78 is 35.4. The Morgan fingerprint density at radius 1 is 1.11 bits per heavy atom. The molecule has 1 unspecified atom stereocenters. The normalized spacial score (nSPS) is 13.2. The maximum absolute atomic E-state index is 12.6. The van der Waals surface area contributed by atoms with Crippen molar-refractivity contribution in [1.29, 1.82) is 5.26 Å². The Morgan fingerprint density at radius 2 is 1.74 bits per heavy atom. The van der Waals surface area contributed by atoms with Crippen LogP contribution in [0.4, 0.5) is 0 Å². The van der Waals surface area contributed by atoms with Gasteiger partial charge in [-0.3, -0.25) is 0 Å². The van der Waals surface area contributed by atoms with E-state index in [1.165, 1.54) is 19.2 Å². The van der Waals surface area contributed by atoms with Crippen LogP contribution in [0.3, 0.4) is 0 Å². The molecule has 0 aliphatic heterocycles. The summed E-state index contributed by atoms with van der Waals surface area (Å²) in [5.41, 5.74) is -1.35. The van der Waals surface area contributed by atoms with Crippen LogP contribution in [0.15, 0.2) is 59.5 Å². The van der Waals surface area contributed by atoms with Crippen LogP contribution in [0.25, 0.3) is 0 Å². The van der Waals surface area contributed by atoms with Gasteiger partial charge in [0, 0.05) is 0 Å². The number of benzene rings is 2. The summed E-state index contributed by atoms with van der Waals surface area (Å²) in [4.78, 5) is 12.8. The first-order chi connectivity index (χ1) is 12.9. The predicted molar refractivity (Wildman–Crippen MR) is 100 cm³/mol. The zero-order valence-electron chi connectivity index (χ0n) is 15.2. The first-order valence-electron chi connectivity index (χ1n) is 8.40. The van der Waals surface area contributed by atoms with Gasteiger partial charge in [-0.25, -0.2) is 13.2 Å². The Kier molecular flexibility index (Phi) is 6.59. The molecule has 0 radical (unpaired) electrons. The van der Waals surface area contributed by atoms with E-state index in [-0.39, 0.29) is 23.7 Å². The van der Waals surface area contributed by atoms with Crippen molar-refractivity contribution < 1.29 is 22.7 Å².